The molecule has 20 heavy (non-hydrogen) atoms. The van der Waals surface area contributed by atoms with E-state index in [1.165, 1.54) is 12.1 Å². The second-order valence-electron chi connectivity index (χ2n) is 4.53. The van der Waals surface area contributed by atoms with Gasteiger partial charge in [-0.05, 0) is 42.3 Å². The first kappa shape index (κ1) is 14.5. The van der Waals surface area contributed by atoms with E-state index in [9.17, 15) is 17.6 Å². The normalized spacial score (nSPS) is 12.4. The van der Waals surface area contributed by atoms with Gasteiger partial charge < -0.3 is 5.32 Å². The van der Waals surface area contributed by atoms with Gasteiger partial charge in [0.25, 0.3) is 0 Å². The van der Waals surface area contributed by atoms with Crippen LogP contribution < -0.4 is 5.32 Å². The molecule has 2 aromatic carbocycles. The molecule has 2 rings (SSSR count). The Hall–Kier alpha value is -1.88. The van der Waals surface area contributed by atoms with Crippen molar-refractivity contribution >= 4 is 0 Å². The molecule has 0 saturated heterocycles. The molecule has 1 N–H and O–H groups in total. The van der Waals surface area contributed by atoms with Gasteiger partial charge in [0.15, 0.2) is 17.5 Å². The Labute approximate surface area is 114 Å². The molecular weight excluding hydrogens is 270 g/mol. The number of rotatable bonds is 4. The third-order valence-electron chi connectivity index (χ3n) is 3.03. The summed E-state index contributed by atoms with van der Waals surface area (Å²) in [6.07, 6.45) is 0. The predicted octanol–water partition coefficient (Wildman–Crippen LogP) is 4.09. The third kappa shape index (κ3) is 3.36. The van der Waals surface area contributed by atoms with E-state index in [4.69, 9.17) is 0 Å². The molecule has 106 valence electrons. The summed E-state index contributed by atoms with van der Waals surface area (Å²) in [6, 6.07) is 7.69. The van der Waals surface area contributed by atoms with Crippen LogP contribution in [0.3, 0.4) is 0 Å². The van der Waals surface area contributed by atoms with Crippen molar-refractivity contribution in [3.05, 3.63) is 70.8 Å². The van der Waals surface area contributed by atoms with Crippen molar-refractivity contribution in [2.75, 3.05) is 0 Å². The van der Waals surface area contributed by atoms with Crippen LogP contribution in [0.2, 0.25) is 0 Å². The van der Waals surface area contributed by atoms with Crippen LogP contribution in [0.4, 0.5) is 17.6 Å². The minimum Gasteiger partial charge on any atom is -0.306 e. The van der Waals surface area contributed by atoms with Gasteiger partial charge in [-0.2, -0.15) is 0 Å². The molecule has 5 heteroatoms. The summed E-state index contributed by atoms with van der Waals surface area (Å²) in [5, 5.41) is 3.03. The van der Waals surface area contributed by atoms with Gasteiger partial charge in [0.2, 0.25) is 0 Å². The van der Waals surface area contributed by atoms with Crippen LogP contribution in [0.1, 0.15) is 24.1 Å². The average molecular weight is 283 g/mol. The van der Waals surface area contributed by atoms with E-state index in [1.54, 1.807) is 12.1 Å². The molecule has 0 aliphatic heterocycles. The van der Waals surface area contributed by atoms with Crippen molar-refractivity contribution in [3.63, 3.8) is 0 Å². The van der Waals surface area contributed by atoms with E-state index in [0.29, 0.717) is 5.56 Å². The zero-order chi connectivity index (χ0) is 14.7. The van der Waals surface area contributed by atoms with Crippen molar-refractivity contribution in [2.45, 2.75) is 19.5 Å². The average Bonchev–Trinajstić information content (AvgIpc) is 2.42. The lowest BCUT2D eigenvalue weighted by Crippen LogP contribution is -2.18. The van der Waals surface area contributed by atoms with Gasteiger partial charge in [0, 0.05) is 12.6 Å². The van der Waals surface area contributed by atoms with Crippen LogP contribution in [-0.2, 0) is 6.54 Å². The van der Waals surface area contributed by atoms with Gasteiger partial charge in [-0.25, -0.2) is 17.6 Å². The van der Waals surface area contributed by atoms with Gasteiger partial charge in [0.1, 0.15) is 5.82 Å². The van der Waals surface area contributed by atoms with Crippen molar-refractivity contribution in [1.29, 1.82) is 0 Å². The quantitative estimate of drug-likeness (QED) is 0.658. The van der Waals surface area contributed by atoms with Gasteiger partial charge in [-0.15, -0.1) is 0 Å². The lowest BCUT2D eigenvalue weighted by atomic mass is 10.1. The van der Waals surface area contributed by atoms with E-state index in [1.807, 2.05) is 6.92 Å². The lowest BCUT2D eigenvalue weighted by molar-refractivity contribution is 0.443. The molecule has 0 saturated carbocycles. The molecule has 0 aliphatic carbocycles. The molecule has 0 unspecified atom stereocenters. The number of nitrogens with one attached hydrogen (secondary N) is 1. The Balaban J connectivity index is 2.03. The fourth-order valence-corrected chi connectivity index (χ4v) is 1.85. The van der Waals surface area contributed by atoms with Crippen molar-refractivity contribution in [3.8, 4) is 0 Å². The van der Waals surface area contributed by atoms with Gasteiger partial charge in [-0.1, -0.05) is 12.1 Å². The summed E-state index contributed by atoms with van der Waals surface area (Å²) < 4.78 is 51.7. The SMILES string of the molecule is C[C@@H](NCc1cc(F)c(F)c(F)c1)c1ccc(F)cc1. The molecule has 0 aromatic heterocycles. The molecular formula is C15H13F4N. The summed E-state index contributed by atoms with van der Waals surface area (Å²) in [6.45, 7) is 2.01. The Morgan fingerprint density at radius 2 is 1.50 bits per heavy atom. The highest BCUT2D eigenvalue weighted by atomic mass is 19.2. The molecule has 1 atom stereocenters. The molecule has 0 fully saturated rings. The highest BCUT2D eigenvalue weighted by Crippen LogP contribution is 2.16. The highest BCUT2D eigenvalue weighted by Gasteiger charge is 2.11. The fraction of sp³-hybridized carbons (Fsp3) is 0.200. The number of hydrogen-bond acceptors (Lipinski definition) is 1. The zero-order valence-corrected chi connectivity index (χ0v) is 10.8. The zero-order valence-electron chi connectivity index (χ0n) is 10.8. The van der Waals surface area contributed by atoms with Crippen LogP contribution >= 0.6 is 0 Å². The summed E-state index contributed by atoms with van der Waals surface area (Å²) in [5.41, 5.74) is 1.14. The maximum Gasteiger partial charge on any atom is 0.194 e. The van der Waals surface area contributed by atoms with Crippen LogP contribution in [0.25, 0.3) is 0 Å². The van der Waals surface area contributed by atoms with E-state index < -0.39 is 17.5 Å². The minimum atomic E-state index is -1.47. The monoisotopic (exact) mass is 283 g/mol. The first-order chi connectivity index (χ1) is 9.47. The Kier molecular flexibility index (Phi) is 4.39. The molecule has 0 bridgehead atoms. The molecule has 0 heterocycles. The minimum absolute atomic E-state index is 0.133. The number of hydrogen-bond donors (Lipinski definition) is 1. The largest absolute Gasteiger partial charge is 0.306 e. The lowest BCUT2D eigenvalue weighted by Gasteiger charge is -2.14. The number of halogens is 4. The summed E-state index contributed by atoms with van der Waals surface area (Å²) >= 11 is 0. The van der Waals surface area contributed by atoms with Crippen molar-refractivity contribution in [1.82, 2.24) is 5.32 Å². The first-order valence-electron chi connectivity index (χ1n) is 6.09. The maximum absolute atomic E-state index is 13.0. The molecule has 1 nitrogen and oxygen atoms in total. The Bertz CT molecular complexity index is 572. The van der Waals surface area contributed by atoms with Crippen LogP contribution in [-0.4, -0.2) is 0 Å². The summed E-state index contributed by atoms with van der Waals surface area (Å²) in [4.78, 5) is 0. The highest BCUT2D eigenvalue weighted by molar-refractivity contribution is 5.21. The number of benzene rings is 2. The third-order valence-corrected chi connectivity index (χ3v) is 3.03. The Morgan fingerprint density at radius 1 is 0.950 bits per heavy atom. The van der Waals surface area contributed by atoms with Crippen LogP contribution in [0.5, 0.6) is 0 Å². The second-order valence-corrected chi connectivity index (χ2v) is 4.53. The summed E-state index contributed by atoms with van der Waals surface area (Å²) in [5.74, 6) is -4.23. The van der Waals surface area contributed by atoms with Crippen LogP contribution in [0, 0.1) is 23.3 Å². The summed E-state index contributed by atoms with van der Waals surface area (Å²) in [7, 11) is 0. The van der Waals surface area contributed by atoms with E-state index >= 15 is 0 Å². The van der Waals surface area contributed by atoms with Crippen LogP contribution in [0.15, 0.2) is 36.4 Å². The maximum atomic E-state index is 13.0. The molecule has 2 aromatic rings. The van der Waals surface area contributed by atoms with E-state index in [2.05, 4.69) is 5.32 Å². The molecule has 0 radical (unpaired) electrons. The van der Waals surface area contributed by atoms with E-state index in [0.717, 1.165) is 17.7 Å². The van der Waals surface area contributed by atoms with Gasteiger partial charge in [0.05, 0.1) is 0 Å². The first-order valence-corrected chi connectivity index (χ1v) is 6.09. The van der Waals surface area contributed by atoms with Gasteiger partial charge in [-0.3, -0.25) is 0 Å². The molecule has 0 aliphatic rings. The van der Waals surface area contributed by atoms with Gasteiger partial charge >= 0.3 is 0 Å². The van der Waals surface area contributed by atoms with E-state index in [-0.39, 0.29) is 18.4 Å². The smallest absolute Gasteiger partial charge is 0.194 e. The molecule has 0 spiro atoms. The fourth-order valence-electron chi connectivity index (χ4n) is 1.85. The molecule has 0 amide bonds. The second kappa shape index (κ2) is 6.05. The Morgan fingerprint density at radius 3 is 2.05 bits per heavy atom. The standard InChI is InChI=1S/C15H13F4N/c1-9(11-2-4-12(16)5-3-11)20-8-10-6-13(17)15(19)14(18)7-10/h2-7,9,20H,8H2,1H3/t9-/m1/s1. The van der Waals surface area contributed by atoms with Crippen molar-refractivity contribution in [2.24, 2.45) is 0 Å². The van der Waals surface area contributed by atoms with Crippen molar-refractivity contribution < 1.29 is 17.6 Å². The predicted molar refractivity (Wildman–Crippen MR) is 68.0 cm³/mol. The topological polar surface area (TPSA) is 12.0 Å².